The Morgan fingerprint density at radius 1 is 1.38 bits per heavy atom. The normalized spacial score (nSPS) is 12.5. The summed E-state index contributed by atoms with van der Waals surface area (Å²) in [5, 5.41) is 14.3. The van der Waals surface area contributed by atoms with Crippen LogP contribution in [-0.4, -0.2) is 14.9 Å². The number of hydrogen-bond acceptors (Lipinski definition) is 3. The van der Waals surface area contributed by atoms with Crippen molar-refractivity contribution < 1.29 is 9.84 Å². The summed E-state index contributed by atoms with van der Waals surface area (Å²) >= 11 is 6.96. The van der Waals surface area contributed by atoms with Gasteiger partial charge in [-0.25, -0.2) is 0 Å². The van der Waals surface area contributed by atoms with Crippen molar-refractivity contribution in [2.24, 2.45) is 0 Å². The monoisotopic (exact) mass is 416 g/mol. The van der Waals surface area contributed by atoms with Gasteiger partial charge in [-0.3, -0.25) is 4.68 Å². The molecular formula is C15H18Br2N2O2. The summed E-state index contributed by atoms with van der Waals surface area (Å²) < 4.78 is 9.71. The minimum atomic E-state index is -0.584. The third-order valence-electron chi connectivity index (χ3n) is 3.24. The Balaban J connectivity index is 2.25. The Kier molecular flexibility index (Phi) is 5.46. The minimum absolute atomic E-state index is 0.399. The summed E-state index contributed by atoms with van der Waals surface area (Å²) in [4.78, 5) is 0. The Bertz CT molecular complexity index is 639. The first-order chi connectivity index (χ1) is 9.93. The summed E-state index contributed by atoms with van der Waals surface area (Å²) in [6.45, 7) is 6.92. The van der Waals surface area contributed by atoms with Crippen molar-refractivity contribution in [3.05, 3.63) is 44.1 Å². The van der Waals surface area contributed by atoms with Gasteiger partial charge in [0.2, 0.25) is 0 Å². The molecule has 0 saturated heterocycles. The van der Waals surface area contributed by atoms with E-state index in [-0.39, 0.29) is 0 Å². The molecule has 0 spiro atoms. The third kappa shape index (κ3) is 3.67. The molecule has 114 valence electrons. The largest absolute Gasteiger partial charge is 0.487 e. The number of nitrogens with zero attached hydrogens (tertiary/aromatic N) is 2. The lowest BCUT2D eigenvalue weighted by atomic mass is 10.1. The summed E-state index contributed by atoms with van der Waals surface area (Å²) in [6.07, 6.45) is -0.584. The van der Waals surface area contributed by atoms with Crippen LogP contribution in [0.2, 0.25) is 0 Å². The summed E-state index contributed by atoms with van der Waals surface area (Å²) in [5.41, 5.74) is 2.70. The minimum Gasteiger partial charge on any atom is -0.487 e. The number of hydrogen-bond donors (Lipinski definition) is 1. The molecule has 1 N–H and O–H groups in total. The van der Waals surface area contributed by atoms with E-state index in [4.69, 9.17) is 4.74 Å². The highest BCUT2D eigenvalue weighted by Gasteiger charge is 2.15. The maximum absolute atomic E-state index is 9.86. The summed E-state index contributed by atoms with van der Waals surface area (Å²) in [6, 6.07) is 5.63. The summed E-state index contributed by atoms with van der Waals surface area (Å²) in [7, 11) is 0. The summed E-state index contributed by atoms with van der Waals surface area (Å²) in [5.74, 6) is 0.682. The molecule has 21 heavy (non-hydrogen) atoms. The number of halogens is 2. The van der Waals surface area contributed by atoms with Crippen molar-refractivity contribution in [2.45, 2.75) is 40.0 Å². The van der Waals surface area contributed by atoms with Crippen molar-refractivity contribution in [3.8, 4) is 5.75 Å². The van der Waals surface area contributed by atoms with Gasteiger partial charge in [-0.1, -0.05) is 15.9 Å². The van der Waals surface area contributed by atoms with Crippen molar-refractivity contribution in [1.29, 1.82) is 0 Å². The zero-order valence-electron chi connectivity index (χ0n) is 12.2. The molecular weight excluding hydrogens is 400 g/mol. The molecule has 1 atom stereocenters. The highest BCUT2D eigenvalue weighted by atomic mass is 79.9. The molecule has 0 bridgehead atoms. The Morgan fingerprint density at radius 2 is 2.10 bits per heavy atom. The van der Waals surface area contributed by atoms with Crippen LogP contribution in [-0.2, 0) is 13.2 Å². The van der Waals surface area contributed by atoms with Crippen LogP contribution in [0.15, 0.2) is 27.1 Å². The predicted molar refractivity (Wildman–Crippen MR) is 89.4 cm³/mol. The molecule has 0 amide bonds. The molecule has 0 radical (unpaired) electrons. The maximum atomic E-state index is 9.86. The van der Waals surface area contributed by atoms with Crippen LogP contribution in [0.4, 0.5) is 0 Å². The molecule has 0 saturated carbocycles. The first-order valence-corrected chi connectivity index (χ1v) is 8.34. The molecule has 2 rings (SSSR count). The molecule has 2 aromatic rings. The average molecular weight is 418 g/mol. The predicted octanol–water partition coefficient (Wildman–Crippen LogP) is 4.37. The van der Waals surface area contributed by atoms with Gasteiger partial charge in [0, 0.05) is 16.6 Å². The maximum Gasteiger partial charge on any atom is 0.131 e. The highest BCUT2D eigenvalue weighted by Crippen LogP contribution is 2.30. The Labute approximate surface area is 141 Å². The van der Waals surface area contributed by atoms with Gasteiger partial charge in [-0.15, -0.1) is 0 Å². The van der Waals surface area contributed by atoms with Crippen LogP contribution in [0.5, 0.6) is 5.75 Å². The van der Waals surface area contributed by atoms with Crippen LogP contribution in [0.3, 0.4) is 0 Å². The quantitative estimate of drug-likeness (QED) is 0.785. The first-order valence-electron chi connectivity index (χ1n) is 6.76. The molecule has 0 aliphatic carbocycles. The van der Waals surface area contributed by atoms with Gasteiger partial charge in [0.05, 0.1) is 22.0 Å². The number of aromatic nitrogens is 2. The number of aryl methyl sites for hydroxylation is 2. The zero-order chi connectivity index (χ0) is 15.6. The smallest absolute Gasteiger partial charge is 0.131 e. The molecule has 1 aromatic carbocycles. The molecule has 1 aromatic heterocycles. The van der Waals surface area contributed by atoms with Crippen LogP contribution >= 0.6 is 31.9 Å². The topological polar surface area (TPSA) is 47.3 Å². The van der Waals surface area contributed by atoms with Crippen LogP contribution in [0.25, 0.3) is 0 Å². The van der Waals surface area contributed by atoms with Gasteiger partial charge in [0.15, 0.2) is 0 Å². The van der Waals surface area contributed by atoms with Crippen LogP contribution in [0, 0.1) is 6.92 Å². The van der Waals surface area contributed by atoms with Gasteiger partial charge in [0.25, 0.3) is 0 Å². The van der Waals surface area contributed by atoms with Crippen molar-refractivity contribution in [2.75, 3.05) is 0 Å². The number of aliphatic hydroxyl groups excluding tert-OH is 1. The van der Waals surface area contributed by atoms with Gasteiger partial charge in [0.1, 0.15) is 12.4 Å². The van der Waals surface area contributed by atoms with Crippen molar-refractivity contribution >= 4 is 31.9 Å². The second-order valence-electron chi connectivity index (χ2n) is 4.81. The van der Waals surface area contributed by atoms with E-state index in [1.54, 1.807) is 6.92 Å². The second-order valence-corrected chi connectivity index (χ2v) is 6.52. The van der Waals surface area contributed by atoms with E-state index >= 15 is 0 Å². The standard InChI is InChI=1S/C15H18Br2N2O2/c1-4-19-13(15(17)9(2)18-19)8-21-14-6-5-11(16)7-12(14)10(3)20/h5-7,10,20H,4,8H2,1-3H3. The molecule has 6 heteroatoms. The lowest BCUT2D eigenvalue weighted by molar-refractivity contribution is 0.189. The molecule has 0 aliphatic heterocycles. The lowest BCUT2D eigenvalue weighted by Gasteiger charge is -2.14. The zero-order valence-corrected chi connectivity index (χ0v) is 15.4. The van der Waals surface area contributed by atoms with Gasteiger partial charge in [-0.05, 0) is 54.9 Å². The van der Waals surface area contributed by atoms with E-state index in [9.17, 15) is 5.11 Å². The Hall–Kier alpha value is -0.850. The first kappa shape index (κ1) is 16.5. The number of aliphatic hydroxyl groups is 1. The average Bonchev–Trinajstić information content (AvgIpc) is 2.72. The molecule has 1 unspecified atom stereocenters. The third-order valence-corrected chi connectivity index (χ3v) is 4.76. The molecule has 0 aliphatic rings. The van der Waals surface area contributed by atoms with E-state index in [1.807, 2.05) is 36.7 Å². The fraction of sp³-hybridized carbons (Fsp3) is 0.400. The van der Waals surface area contributed by atoms with E-state index in [1.165, 1.54) is 0 Å². The van der Waals surface area contributed by atoms with E-state index < -0.39 is 6.10 Å². The van der Waals surface area contributed by atoms with E-state index in [0.717, 1.165) is 32.4 Å². The second kappa shape index (κ2) is 6.94. The van der Waals surface area contributed by atoms with E-state index in [0.29, 0.717) is 12.4 Å². The number of rotatable bonds is 5. The number of benzene rings is 1. The van der Waals surface area contributed by atoms with Crippen molar-refractivity contribution in [3.63, 3.8) is 0 Å². The van der Waals surface area contributed by atoms with Gasteiger partial charge < -0.3 is 9.84 Å². The van der Waals surface area contributed by atoms with Gasteiger partial charge in [-0.2, -0.15) is 5.10 Å². The molecule has 4 nitrogen and oxygen atoms in total. The fourth-order valence-electron chi connectivity index (χ4n) is 2.13. The van der Waals surface area contributed by atoms with Crippen molar-refractivity contribution in [1.82, 2.24) is 9.78 Å². The molecule has 1 heterocycles. The molecule has 0 fully saturated rings. The highest BCUT2D eigenvalue weighted by molar-refractivity contribution is 9.10. The fourth-order valence-corrected chi connectivity index (χ4v) is 2.91. The van der Waals surface area contributed by atoms with Crippen LogP contribution in [0.1, 0.15) is 36.9 Å². The Morgan fingerprint density at radius 3 is 2.71 bits per heavy atom. The van der Waals surface area contributed by atoms with Gasteiger partial charge >= 0.3 is 0 Å². The number of ether oxygens (including phenoxy) is 1. The van der Waals surface area contributed by atoms with Crippen LogP contribution < -0.4 is 4.74 Å². The lowest BCUT2D eigenvalue weighted by Crippen LogP contribution is -2.08. The van der Waals surface area contributed by atoms with E-state index in [2.05, 4.69) is 37.0 Å². The SMILES string of the molecule is CCn1nc(C)c(Br)c1COc1ccc(Br)cc1C(C)O.